The van der Waals surface area contributed by atoms with E-state index in [2.05, 4.69) is 0 Å². The Morgan fingerprint density at radius 2 is 1.88 bits per heavy atom. The van der Waals surface area contributed by atoms with Gasteiger partial charge in [0.05, 0.1) is 18.4 Å². The lowest BCUT2D eigenvalue weighted by Crippen LogP contribution is -2.45. The zero-order valence-corrected chi connectivity index (χ0v) is 11.9. The van der Waals surface area contributed by atoms with Gasteiger partial charge in [-0.2, -0.15) is 18.4 Å². The Morgan fingerprint density at radius 1 is 1.25 bits per heavy atom. The second kappa shape index (κ2) is 5.73. The first kappa shape index (κ1) is 17.1. The molecule has 0 spiro atoms. The van der Waals surface area contributed by atoms with Crippen molar-refractivity contribution >= 4 is 0 Å². The molecule has 126 valence electrons. The van der Waals surface area contributed by atoms with Gasteiger partial charge in [-0.05, 0) is 6.07 Å². The van der Waals surface area contributed by atoms with E-state index >= 15 is 0 Å². The van der Waals surface area contributed by atoms with Crippen LogP contribution in [0, 0.1) is 17.1 Å². The summed E-state index contributed by atoms with van der Waals surface area (Å²) in [6.45, 7) is 0. The molecular formula is C13H8F4N4O3. The summed E-state index contributed by atoms with van der Waals surface area (Å²) in [5, 5.41) is 8.84. The number of hydrogen-bond acceptors (Lipinski definition) is 5. The highest BCUT2D eigenvalue weighted by molar-refractivity contribution is 5.51. The number of hydrogen-bond donors (Lipinski definition) is 1. The Labute approximate surface area is 130 Å². The Bertz CT molecular complexity index is 969. The molecule has 2 N–H and O–H groups in total. The average Bonchev–Trinajstić information content (AvgIpc) is 2.50. The zero-order chi connectivity index (χ0) is 18.2. The van der Waals surface area contributed by atoms with Gasteiger partial charge in [0, 0.05) is 12.1 Å². The first-order chi connectivity index (χ1) is 11.1. The largest absolute Gasteiger partial charge is 0.495 e. The molecule has 0 unspecified atom stereocenters. The fraction of sp³-hybridized carbons (Fsp3) is 0.154. The molecule has 0 aliphatic heterocycles. The van der Waals surface area contributed by atoms with Gasteiger partial charge >= 0.3 is 11.9 Å². The van der Waals surface area contributed by atoms with Crippen LogP contribution >= 0.6 is 0 Å². The summed E-state index contributed by atoms with van der Waals surface area (Å²) in [5.41, 5.74) is -5.67. The van der Waals surface area contributed by atoms with E-state index in [-0.39, 0.29) is 26.6 Å². The number of halogens is 4. The Kier molecular flexibility index (Phi) is 4.07. The molecule has 2 rings (SSSR count). The van der Waals surface area contributed by atoms with E-state index in [1.54, 1.807) is 6.07 Å². The summed E-state index contributed by atoms with van der Waals surface area (Å²) >= 11 is 0. The number of benzene rings is 1. The second-order valence-corrected chi connectivity index (χ2v) is 4.47. The van der Waals surface area contributed by atoms with E-state index in [0.29, 0.717) is 6.07 Å². The van der Waals surface area contributed by atoms with Gasteiger partial charge in [0.25, 0.3) is 5.56 Å². The summed E-state index contributed by atoms with van der Waals surface area (Å²) in [6, 6.07) is 3.20. The molecule has 1 heterocycles. The summed E-state index contributed by atoms with van der Waals surface area (Å²) in [6.07, 6.45) is -5.05. The van der Waals surface area contributed by atoms with Crippen molar-refractivity contribution in [2.24, 2.45) is 0 Å². The Hall–Kier alpha value is -3.29. The quantitative estimate of drug-likeness (QED) is 0.640. The highest BCUT2D eigenvalue weighted by atomic mass is 19.4. The third kappa shape index (κ3) is 2.69. The van der Waals surface area contributed by atoms with Crippen molar-refractivity contribution < 1.29 is 22.3 Å². The van der Waals surface area contributed by atoms with Crippen LogP contribution in [0.2, 0.25) is 0 Å². The van der Waals surface area contributed by atoms with E-state index in [0.717, 1.165) is 13.2 Å². The normalized spacial score (nSPS) is 11.2. The number of nitrogens with zero attached hydrogens (tertiary/aromatic N) is 3. The molecule has 0 aliphatic rings. The minimum atomic E-state index is -5.05. The smallest absolute Gasteiger partial charge is 0.433 e. The van der Waals surface area contributed by atoms with Crippen LogP contribution in [0.3, 0.4) is 0 Å². The summed E-state index contributed by atoms with van der Waals surface area (Å²) in [5.74, 6) is 3.71. The molecule has 0 radical (unpaired) electrons. The number of aromatic nitrogens is 2. The lowest BCUT2D eigenvalue weighted by atomic mass is 10.2. The second-order valence-electron chi connectivity index (χ2n) is 4.47. The number of alkyl halides is 3. The van der Waals surface area contributed by atoms with Crippen LogP contribution in [-0.4, -0.2) is 16.4 Å². The van der Waals surface area contributed by atoms with E-state index in [1.165, 1.54) is 0 Å². The Morgan fingerprint density at radius 3 is 2.38 bits per heavy atom. The van der Waals surface area contributed by atoms with E-state index in [4.69, 9.17) is 15.8 Å². The van der Waals surface area contributed by atoms with Crippen LogP contribution in [-0.2, 0) is 6.18 Å². The molecule has 7 nitrogen and oxygen atoms in total. The van der Waals surface area contributed by atoms with Crippen LogP contribution < -0.4 is 21.8 Å². The van der Waals surface area contributed by atoms with Gasteiger partial charge in [0.1, 0.15) is 17.6 Å². The fourth-order valence-corrected chi connectivity index (χ4v) is 1.97. The van der Waals surface area contributed by atoms with Crippen molar-refractivity contribution in [1.29, 1.82) is 5.26 Å². The molecule has 1 aromatic heterocycles. The van der Waals surface area contributed by atoms with Gasteiger partial charge < -0.3 is 10.6 Å². The van der Waals surface area contributed by atoms with E-state index in [1.807, 2.05) is 0 Å². The average molecular weight is 344 g/mol. The first-order valence-corrected chi connectivity index (χ1v) is 6.11. The molecule has 11 heteroatoms. The monoisotopic (exact) mass is 344 g/mol. The van der Waals surface area contributed by atoms with Crippen LogP contribution in [0.5, 0.6) is 5.75 Å². The van der Waals surface area contributed by atoms with Crippen molar-refractivity contribution in [2.75, 3.05) is 13.0 Å². The maximum atomic E-state index is 14.1. The molecule has 2 aromatic rings. The van der Waals surface area contributed by atoms with Crippen LogP contribution in [0.4, 0.5) is 17.6 Å². The van der Waals surface area contributed by atoms with Gasteiger partial charge in [-0.1, -0.05) is 0 Å². The maximum absolute atomic E-state index is 14.1. The fourth-order valence-electron chi connectivity index (χ4n) is 1.97. The number of rotatable bonds is 2. The summed E-state index contributed by atoms with van der Waals surface area (Å²) in [7, 11) is 1.15. The highest BCUT2D eigenvalue weighted by Crippen LogP contribution is 2.27. The summed E-state index contributed by atoms with van der Waals surface area (Å²) < 4.78 is 56.9. The lowest BCUT2D eigenvalue weighted by molar-refractivity contribution is -0.143. The molecule has 1 aromatic carbocycles. The summed E-state index contributed by atoms with van der Waals surface area (Å²) in [4.78, 5) is 23.9. The minimum absolute atomic E-state index is 0.0610. The molecule has 0 saturated heterocycles. The van der Waals surface area contributed by atoms with Crippen molar-refractivity contribution in [3.05, 3.63) is 56.1 Å². The molecular weight excluding hydrogens is 336 g/mol. The highest BCUT2D eigenvalue weighted by Gasteiger charge is 2.36. The molecule has 0 aliphatic carbocycles. The molecule has 0 saturated carbocycles. The number of methoxy groups -OCH3 is 1. The van der Waals surface area contributed by atoms with Crippen LogP contribution in [0.1, 0.15) is 11.3 Å². The third-order valence-electron chi connectivity index (χ3n) is 3.06. The van der Waals surface area contributed by atoms with Crippen molar-refractivity contribution in [1.82, 2.24) is 9.24 Å². The predicted molar refractivity (Wildman–Crippen MR) is 72.7 cm³/mol. The van der Waals surface area contributed by atoms with Gasteiger partial charge in [0.2, 0.25) is 0 Å². The molecule has 0 atom stereocenters. The van der Waals surface area contributed by atoms with Gasteiger partial charge in [-0.3, -0.25) is 4.79 Å². The Balaban J connectivity index is 2.86. The molecule has 0 bridgehead atoms. The van der Waals surface area contributed by atoms with Crippen molar-refractivity contribution in [2.45, 2.75) is 6.18 Å². The van der Waals surface area contributed by atoms with Crippen LogP contribution in [0.25, 0.3) is 5.69 Å². The topological polar surface area (TPSA) is 103 Å². The lowest BCUT2D eigenvalue weighted by Gasteiger charge is -2.14. The number of nitrogen functional groups attached to an aromatic ring is 1. The number of ether oxygens (including phenoxy) is 1. The van der Waals surface area contributed by atoms with Crippen molar-refractivity contribution in [3.8, 4) is 17.5 Å². The number of nitrogens with two attached hydrogens (primary N) is 1. The standard InChI is InChI=1S/C13H8F4N4O3/c1-24-9-3-8(7(14)2-6(9)5-18)20-11(22)4-10(13(15,16)17)21(19)12(20)23/h2-4H,19H2,1H3. The van der Waals surface area contributed by atoms with E-state index < -0.39 is 34.6 Å². The molecule has 0 amide bonds. The van der Waals surface area contributed by atoms with Crippen molar-refractivity contribution in [3.63, 3.8) is 0 Å². The minimum Gasteiger partial charge on any atom is -0.495 e. The molecule has 24 heavy (non-hydrogen) atoms. The SMILES string of the molecule is COc1cc(-n2c(=O)cc(C(F)(F)F)n(N)c2=O)c(F)cc1C#N. The van der Waals surface area contributed by atoms with Gasteiger partial charge in [-0.15, -0.1) is 0 Å². The number of nitriles is 1. The maximum Gasteiger partial charge on any atom is 0.433 e. The molecule has 0 fully saturated rings. The van der Waals surface area contributed by atoms with Gasteiger partial charge in [-0.25, -0.2) is 18.4 Å². The van der Waals surface area contributed by atoms with E-state index in [9.17, 15) is 27.2 Å². The van der Waals surface area contributed by atoms with Gasteiger partial charge in [0.15, 0.2) is 5.69 Å². The third-order valence-corrected chi connectivity index (χ3v) is 3.06. The van der Waals surface area contributed by atoms with Crippen LogP contribution in [0.15, 0.2) is 27.8 Å². The first-order valence-electron chi connectivity index (χ1n) is 6.11. The predicted octanol–water partition coefficient (Wildman–Crippen LogP) is 0.751. The zero-order valence-electron chi connectivity index (χ0n) is 11.9.